The van der Waals surface area contributed by atoms with Crippen molar-refractivity contribution in [2.24, 2.45) is 0 Å². The average molecular weight is 700 g/mol. The Balaban J connectivity index is 1.10. The predicted molar refractivity (Wildman–Crippen MR) is 235 cm³/mol. The van der Waals surface area contributed by atoms with Gasteiger partial charge in [0, 0.05) is 17.1 Å². The first-order valence-corrected chi connectivity index (χ1v) is 18.9. The molecule has 0 aliphatic heterocycles. The fourth-order valence-electron chi connectivity index (χ4n) is 8.14. The van der Waals surface area contributed by atoms with Crippen LogP contribution >= 0.6 is 0 Å². The van der Waals surface area contributed by atoms with Gasteiger partial charge in [-0.3, -0.25) is 0 Å². The van der Waals surface area contributed by atoms with Crippen LogP contribution in [-0.4, -0.2) is 0 Å². The Morgan fingerprint density at radius 3 is 1.44 bits per heavy atom. The van der Waals surface area contributed by atoms with Crippen LogP contribution in [0.5, 0.6) is 0 Å². The number of hydrogen-bond acceptors (Lipinski definition) is 1. The third-order valence-electron chi connectivity index (χ3n) is 10.8. The summed E-state index contributed by atoms with van der Waals surface area (Å²) in [5.74, 6) is 0. The molecule has 258 valence electrons. The van der Waals surface area contributed by atoms with Crippen molar-refractivity contribution in [3.05, 3.63) is 224 Å². The van der Waals surface area contributed by atoms with Gasteiger partial charge in [-0.1, -0.05) is 182 Å². The number of benzene rings is 10. The van der Waals surface area contributed by atoms with E-state index in [9.17, 15) is 0 Å². The van der Waals surface area contributed by atoms with Crippen molar-refractivity contribution in [1.82, 2.24) is 0 Å². The van der Waals surface area contributed by atoms with Crippen molar-refractivity contribution in [1.29, 1.82) is 0 Å². The maximum Gasteiger partial charge on any atom is 0.0467 e. The van der Waals surface area contributed by atoms with E-state index in [1.54, 1.807) is 0 Å². The first-order chi connectivity index (χ1) is 27.3. The highest BCUT2D eigenvalue weighted by Gasteiger charge is 2.17. The van der Waals surface area contributed by atoms with Gasteiger partial charge in [0.15, 0.2) is 0 Å². The molecule has 0 unspecified atom stereocenters. The van der Waals surface area contributed by atoms with Crippen molar-refractivity contribution in [2.45, 2.75) is 0 Å². The summed E-state index contributed by atoms with van der Waals surface area (Å²) >= 11 is 0. The van der Waals surface area contributed by atoms with E-state index in [0.717, 1.165) is 17.1 Å². The Bertz CT molecular complexity index is 2960. The highest BCUT2D eigenvalue weighted by Crippen LogP contribution is 2.42. The summed E-state index contributed by atoms with van der Waals surface area (Å²) in [7, 11) is 0. The molecule has 0 aromatic heterocycles. The zero-order valence-electron chi connectivity index (χ0n) is 30.3. The lowest BCUT2D eigenvalue weighted by Gasteiger charge is -2.27. The van der Waals surface area contributed by atoms with Gasteiger partial charge in [0.1, 0.15) is 0 Å². The summed E-state index contributed by atoms with van der Waals surface area (Å²) in [6, 6.07) is 81.4. The highest BCUT2D eigenvalue weighted by atomic mass is 15.1. The molecule has 10 aromatic rings. The van der Waals surface area contributed by atoms with Crippen molar-refractivity contribution >= 4 is 49.4 Å². The molecule has 10 rings (SSSR count). The van der Waals surface area contributed by atoms with E-state index in [1.165, 1.54) is 76.8 Å². The van der Waals surface area contributed by atoms with Crippen LogP contribution < -0.4 is 4.90 Å². The molecule has 0 saturated heterocycles. The van der Waals surface area contributed by atoms with Crippen LogP contribution in [0.1, 0.15) is 0 Å². The molecule has 1 heteroatoms. The standard InChI is InChI=1S/C54H37N/c1-3-13-38(14-4-1)43-19-11-21-48(36-43)55(49-22-12-20-44(37-49)45-30-33-51-46(35-45)26-25-39-15-7-9-23-50(39)51)47-31-27-41(28-32-47)53-34-29-40-16-8-10-24-52(40)54(53)42-17-5-2-6-18-42/h1-37H. The van der Waals surface area contributed by atoms with Gasteiger partial charge in [0.05, 0.1) is 0 Å². The molecular weight excluding hydrogens is 663 g/mol. The second-order valence-electron chi connectivity index (χ2n) is 14.1. The number of fused-ring (bicyclic) bond motifs is 4. The van der Waals surface area contributed by atoms with E-state index in [1.807, 2.05) is 0 Å². The number of rotatable bonds is 7. The Morgan fingerprint density at radius 1 is 0.236 bits per heavy atom. The van der Waals surface area contributed by atoms with Crippen LogP contribution in [-0.2, 0) is 0 Å². The monoisotopic (exact) mass is 699 g/mol. The molecular formula is C54H37N. The largest absolute Gasteiger partial charge is 0.310 e. The van der Waals surface area contributed by atoms with Crippen LogP contribution in [0.25, 0.3) is 76.8 Å². The molecule has 0 spiro atoms. The van der Waals surface area contributed by atoms with Crippen LogP contribution in [0, 0.1) is 0 Å². The molecule has 0 amide bonds. The Hall–Kier alpha value is -7.22. The van der Waals surface area contributed by atoms with Gasteiger partial charge >= 0.3 is 0 Å². The van der Waals surface area contributed by atoms with Gasteiger partial charge in [-0.2, -0.15) is 0 Å². The van der Waals surface area contributed by atoms with Gasteiger partial charge in [0.25, 0.3) is 0 Å². The maximum absolute atomic E-state index is 2.38. The summed E-state index contributed by atoms with van der Waals surface area (Å²) in [6.07, 6.45) is 0. The summed E-state index contributed by atoms with van der Waals surface area (Å²) < 4.78 is 0. The van der Waals surface area contributed by atoms with E-state index in [-0.39, 0.29) is 0 Å². The molecule has 1 nitrogen and oxygen atoms in total. The molecule has 0 atom stereocenters. The molecule has 0 radical (unpaired) electrons. The maximum atomic E-state index is 2.38. The molecule has 10 aromatic carbocycles. The second-order valence-corrected chi connectivity index (χ2v) is 14.1. The Morgan fingerprint density at radius 2 is 0.727 bits per heavy atom. The lowest BCUT2D eigenvalue weighted by Crippen LogP contribution is -2.10. The molecule has 0 saturated carbocycles. The summed E-state index contributed by atoms with van der Waals surface area (Å²) in [6.45, 7) is 0. The third-order valence-corrected chi connectivity index (χ3v) is 10.8. The van der Waals surface area contributed by atoms with Crippen molar-refractivity contribution in [2.75, 3.05) is 4.90 Å². The fraction of sp³-hybridized carbons (Fsp3) is 0. The van der Waals surface area contributed by atoms with E-state index in [0.29, 0.717) is 0 Å². The van der Waals surface area contributed by atoms with Gasteiger partial charge in [-0.05, 0) is 119 Å². The quantitative estimate of drug-likeness (QED) is 0.150. The number of hydrogen-bond donors (Lipinski definition) is 0. The molecule has 55 heavy (non-hydrogen) atoms. The molecule has 0 bridgehead atoms. The van der Waals surface area contributed by atoms with E-state index < -0.39 is 0 Å². The number of anilines is 3. The van der Waals surface area contributed by atoms with Crippen molar-refractivity contribution < 1.29 is 0 Å². The summed E-state index contributed by atoms with van der Waals surface area (Å²) in [4.78, 5) is 2.38. The van der Waals surface area contributed by atoms with E-state index >= 15 is 0 Å². The lowest BCUT2D eigenvalue weighted by molar-refractivity contribution is 1.28. The average Bonchev–Trinajstić information content (AvgIpc) is 3.27. The Labute approximate surface area is 322 Å². The molecule has 0 N–H and O–H groups in total. The van der Waals surface area contributed by atoms with Crippen LogP contribution in [0.4, 0.5) is 17.1 Å². The number of nitrogens with zero attached hydrogens (tertiary/aromatic N) is 1. The zero-order valence-corrected chi connectivity index (χ0v) is 30.3. The minimum absolute atomic E-state index is 1.10. The van der Waals surface area contributed by atoms with Gasteiger partial charge < -0.3 is 4.90 Å². The van der Waals surface area contributed by atoms with Crippen LogP contribution in [0.15, 0.2) is 224 Å². The summed E-state index contributed by atoms with van der Waals surface area (Å²) in [5.41, 5.74) is 12.9. The van der Waals surface area contributed by atoms with Gasteiger partial charge in [0.2, 0.25) is 0 Å². The zero-order chi connectivity index (χ0) is 36.6. The van der Waals surface area contributed by atoms with Crippen LogP contribution in [0.3, 0.4) is 0 Å². The topological polar surface area (TPSA) is 3.24 Å². The molecule has 0 aliphatic rings. The molecule has 0 aliphatic carbocycles. The van der Waals surface area contributed by atoms with Gasteiger partial charge in [-0.25, -0.2) is 0 Å². The van der Waals surface area contributed by atoms with Crippen molar-refractivity contribution in [3.63, 3.8) is 0 Å². The van der Waals surface area contributed by atoms with Crippen LogP contribution in [0.2, 0.25) is 0 Å². The predicted octanol–water partition coefficient (Wildman–Crippen LogP) is 15.3. The minimum Gasteiger partial charge on any atom is -0.310 e. The highest BCUT2D eigenvalue weighted by molar-refractivity contribution is 6.08. The van der Waals surface area contributed by atoms with E-state index in [2.05, 4.69) is 229 Å². The molecule has 0 fully saturated rings. The Kier molecular flexibility index (Phi) is 8.24. The summed E-state index contributed by atoms with van der Waals surface area (Å²) in [5, 5.41) is 7.57. The second kappa shape index (κ2) is 14.0. The normalized spacial score (nSPS) is 11.3. The lowest BCUT2D eigenvalue weighted by atomic mass is 9.90. The van der Waals surface area contributed by atoms with Gasteiger partial charge in [-0.15, -0.1) is 0 Å². The SMILES string of the molecule is c1ccc(-c2cccc(N(c3ccc(-c4ccc5ccccc5c4-c4ccccc4)cc3)c3cccc(-c4ccc5c(ccc6ccccc65)c4)c3)c2)cc1. The first kappa shape index (κ1) is 32.4. The third kappa shape index (κ3) is 6.12. The van der Waals surface area contributed by atoms with E-state index in [4.69, 9.17) is 0 Å². The minimum atomic E-state index is 1.10. The first-order valence-electron chi connectivity index (χ1n) is 18.9. The smallest absolute Gasteiger partial charge is 0.0467 e. The fourth-order valence-corrected chi connectivity index (χ4v) is 8.14. The van der Waals surface area contributed by atoms with Crippen molar-refractivity contribution in [3.8, 4) is 44.5 Å². The molecule has 0 heterocycles.